The number of carbonyl (C=O) groups excluding carboxylic acids is 1. The fourth-order valence-corrected chi connectivity index (χ4v) is 2.79. The summed E-state index contributed by atoms with van der Waals surface area (Å²) in [5, 5.41) is 22.9. The molecule has 0 heterocycles. The Bertz CT molecular complexity index is 501. The topological polar surface area (TPSA) is 92.5 Å². The Hall–Kier alpha value is -1.95. The Morgan fingerprint density at radius 3 is 2.57 bits per heavy atom. The van der Waals surface area contributed by atoms with E-state index in [9.17, 15) is 20.0 Å². The Balaban J connectivity index is 1.90. The number of nitrogens with zero attached hydrogens (tertiary/aromatic N) is 1. The number of carbonyl (C=O) groups is 1. The maximum atomic E-state index is 12.0. The molecule has 1 aromatic rings. The van der Waals surface area contributed by atoms with Crippen molar-refractivity contribution in [2.45, 2.75) is 38.1 Å². The number of amides is 1. The van der Waals surface area contributed by atoms with Crippen molar-refractivity contribution in [1.82, 2.24) is 5.32 Å². The van der Waals surface area contributed by atoms with Gasteiger partial charge in [0.1, 0.15) is 0 Å². The van der Waals surface area contributed by atoms with E-state index < -0.39 is 4.92 Å². The number of aliphatic hydroxyl groups is 1. The van der Waals surface area contributed by atoms with Crippen LogP contribution in [0.15, 0.2) is 24.3 Å². The second-order valence-corrected chi connectivity index (χ2v) is 5.50. The minimum Gasteiger partial charge on any atom is -0.396 e. The predicted molar refractivity (Wildman–Crippen MR) is 77.8 cm³/mol. The molecule has 114 valence electrons. The third-order valence-electron chi connectivity index (χ3n) is 4.00. The molecule has 1 saturated carbocycles. The first kappa shape index (κ1) is 15.4. The van der Waals surface area contributed by atoms with E-state index in [0.29, 0.717) is 0 Å². The van der Waals surface area contributed by atoms with Gasteiger partial charge in [-0.25, -0.2) is 0 Å². The van der Waals surface area contributed by atoms with Crippen LogP contribution in [0.25, 0.3) is 0 Å². The van der Waals surface area contributed by atoms with Crippen LogP contribution in [0.1, 0.15) is 31.2 Å². The molecule has 2 atom stereocenters. The van der Waals surface area contributed by atoms with Gasteiger partial charge >= 0.3 is 0 Å². The van der Waals surface area contributed by atoms with Crippen LogP contribution in [0.2, 0.25) is 0 Å². The molecule has 0 spiro atoms. The van der Waals surface area contributed by atoms with Crippen LogP contribution in [0.4, 0.5) is 5.69 Å². The number of aliphatic hydroxyl groups excluding tert-OH is 1. The molecule has 1 fully saturated rings. The molecule has 1 amide bonds. The van der Waals surface area contributed by atoms with Gasteiger partial charge in [-0.15, -0.1) is 0 Å². The Labute approximate surface area is 123 Å². The number of hydrogen-bond acceptors (Lipinski definition) is 4. The highest BCUT2D eigenvalue weighted by atomic mass is 16.6. The van der Waals surface area contributed by atoms with Gasteiger partial charge in [0.25, 0.3) is 5.69 Å². The normalized spacial score (nSPS) is 21.8. The minimum absolute atomic E-state index is 0.0202. The highest BCUT2D eigenvalue weighted by molar-refractivity contribution is 5.79. The number of non-ortho nitro benzene ring substituents is 1. The van der Waals surface area contributed by atoms with Crippen LogP contribution in [0, 0.1) is 16.0 Å². The van der Waals surface area contributed by atoms with Crippen molar-refractivity contribution < 1.29 is 14.8 Å². The summed E-state index contributed by atoms with van der Waals surface area (Å²) >= 11 is 0. The Morgan fingerprint density at radius 1 is 1.29 bits per heavy atom. The number of nitro benzene ring substituents is 1. The van der Waals surface area contributed by atoms with Crippen molar-refractivity contribution >= 4 is 11.6 Å². The molecule has 21 heavy (non-hydrogen) atoms. The van der Waals surface area contributed by atoms with Crippen LogP contribution >= 0.6 is 0 Å². The zero-order valence-electron chi connectivity index (χ0n) is 11.8. The molecule has 0 radical (unpaired) electrons. The van der Waals surface area contributed by atoms with Gasteiger partial charge in [-0.1, -0.05) is 25.0 Å². The second-order valence-electron chi connectivity index (χ2n) is 5.50. The summed E-state index contributed by atoms with van der Waals surface area (Å²) in [4.78, 5) is 22.1. The van der Waals surface area contributed by atoms with Crippen LogP contribution in [-0.2, 0) is 11.2 Å². The van der Waals surface area contributed by atoms with Crippen LogP contribution in [0.3, 0.4) is 0 Å². The van der Waals surface area contributed by atoms with Gasteiger partial charge in [0.2, 0.25) is 5.91 Å². The van der Waals surface area contributed by atoms with Gasteiger partial charge in [0.05, 0.1) is 11.3 Å². The van der Waals surface area contributed by atoms with E-state index in [1.54, 1.807) is 12.1 Å². The first-order valence-electron chi connectivity index (χ1n) is 7.23. The number of benzene rings is 1. The third-order valence-corrected chi connectivity index (χ3v) is 4.00. The molecule has 0 aromatic heterocycles. The monoisotopic (exact) mass is 292 g/mol. The molecule has 1 aromatic carbocycles. The van der Waals surface area contributed by atoms with Crippen LogP contribution in [-0.4, -0.2) is 28.6 Å². The quantitative estimate of drug-likeness (QED) is 0.639. The maximum absolute atomic E-state index is 12.0. The molecule has 0 bridgehead atoms. The highest BCUT2D eigenvalue weighted by Crippen LogP contribution is 2.24. The summed E-state index contributed by atoms with van der Waals surface area (Å²) in [6.45, 7) is 0.0997. The fourth-order valence-electron chi connectivity index (χ4n) is 2.79. The molecule has 0 saturated heterocycles. The third kappa shape index (κ3) is 4.26. The van der Waals surface area contributed by atoms with E-state index in [1.807, 2.05) is 0 Å². The molecule has 2 unspecified atom stereocenters. The lowest BCUT2D eigenvalue weighted by Gasteiger charge is -2.30. The van der Waals surface area contributed by atoms with Gasteiger partial charge in [-0.2, -0.15) is 0 Å². The lowest BCUT2D eigenvalue weighted by molar-refractivity contribution is -0.384. The van der Waals surface area contributed by atoms with Crippen LogP contribution < -0.4 is 5.32 Å². The maximum Gasteiger partial charge on any atom is 0.269 e. The highest BCUT2D eigenvalue weighted by Gasteiger charge is 2.25. The lowest BCUT2D eigenvalue weighted by atomic mass is 9.85. The summed E-state index contributed by atoms with van der Waals surface area (Å²) < 4.78 is 0. The summed E-state index contributed by atoms with van der Waals surface area (Å²) in [6, 6.07) is 6.04. The largest absolute Gasteiger partial charge is 0.396 e. The number of rotatable bonds is 5. The fraction of sp³-hybridized carbons (Fsp3) is 0.533. The van der Waals surface area contributed by atoms with Crippen molar-refractivity contribution in [2.24, 2.45) is 5.92 Å². The summed E-state index contributed by atoms with van der Waals surface area (Å²) in [6.07, 6.45) is 4.21. The van der Waals surface area contributed by atoms with Gasteiger partial charge in [0.15, 0.2) is 0 Å². The number of hydrogen-bond donors (Lipinski definition) is 2. The minimum atomic E-state index is -0.461. The van der Waals surface area contributed by atoms with Gasteiger partial charge in [-0.3, -0.25) is 14.9 Å². The average molecular weight is 292 g/mol. The van der Waals surface area contributed by atoms with E-state index in [4.69, 9.17) is 0 Å². The zero-order valence-corrected chi connectivity index (χ0v) is 11.8. The van der Waals surface area contributed by atoms with Crippen molar-refractivity contribution in [3.05, 3.63) is 39.9 Å². The number of nitro groups is 1. The molecule has 2 rings (SSSR count). The lowest BCUT2D eigenvalue weighted by Crippen LogP contribution is -2.44. The van der Waals surface area contributed by atoms with Crippen molar-refractivity contribution in [2.75, 3.05) is 6.61 Å². The summed E-state index contributed by atoms with van der Waals surface area (Å²) in [5.41, 5.74) is 0.765. The standard InChI is InChI=1S/C15H20N2O4/c18-10-12-3-1-2-4-14(12)16-15(19)9-11-5-7-13(8-6-11)17(20)21/h5-8,12,14,18H,1-4,9-10H2,(H,16,19). The van der Waals surface area contributed by atoms with E-state index in [0.717, 1.165) is 31.2 Å². The van der Waals surface area contributed by atoms with E-state index >= 15 is 0 Å². The first-order chi connectivity index (χ1) is 10.1. The average Bonchev–Trinajstić information content (AvgIpc) is 2.48. The summed E-state index contributed by atoms with van der Waals surface area (Å²) in [5.74, 6) is 0.0359. The molecule has 0 aliphatic heterocycles. The van der Waals surface area contributed by atoms with Crippen molar-refractivity contribution in [1.29, 1.82) is 0 Å². The van der Waals surface area contributed by atoms with E-state index in [2.05, 4.69) is 5.32 Å². The van der Waals surface area contributed by atoms with E-state index in [1.165, 1.54) is 12.1 Å². The van der Waals surface area contributed by atoms with Gasteiger partial charge in [0, 0.05) is 30.7 Å². The molecular weight excluding hydrogens is 272 g/mol. The second kappa shape index (κ2) is 7.17. The molecule has 6 nitrogen and oxygen atoms in total. The van der Waals surface area contributed by atoms with Gasteiger partial charge in [-0.05, 0) is 18.4 Å². The summed E-state index contributed by atoms with van der Waals surface area (Å²) in [7, 11) is 0. The van der Waals surface area contributed by atoms with Gasteiger partial charge < -0.3 is 10.4 Å². The molecular formula is C15H20N2O4. The first-order valence-corrected chi connectivity index (χ1v) is 7.23. The smallest absolute Gasteiger partial charge is 0.269 e. The number of nitrogens with one attached hydrogen (secondary N) is 1. The Morgan fingerprint density at radius 2 is 1.95 bits per heavy atom. The zero-order chi connectivity index (χ0) is 15.2. The molecule has 1 aliphatic carbocycles. The van der Waals surface area contributed by atoms with E-state index in [-0.39, 0.29) is 36.6 Å². The molecule has 2 N–H and O–H groups in total. The van der Waals surface area contributed by atoms with Crippen LogP contribution in [0.5, 0.6) is 0 Å². The SMILES string of the molecule is O=C(Cc1ccc([N+](=O)[O-])cc1)NC1CCCCC1CO. The predicted octanol–water partition coefficient (Wildman–Crippen LogP) is 1.80. The van der Waals surface area contributed by atoms with Crippen molar-refractivity contribution in [3.8, 4) is 0 Å². The molecule has 1 aliphatic rings. The Kier molecular flexibility index (Phi) is 5.27. The molecule has 6 heteroatoms. The van der Waals surface area contributed by atoms with Crippen molar-refractivity contribution in [3.63, 3.8) is 0 Å².